The minimum Gasteiger partial charge on any atom is -0.412 e. The van der Waals surface area contributed by atoms with Gasteiger partial charge >= 0.3 is 0 Å². The Bertz CT molecular complexity index is 746. The van der Waals surface area contributed by atoms with Gasteiger partial charge in [-0.2, -0.15) is 0 Å². The van der Waals surface area contributed by atoms with E-state index in [2.05, 4.69) is 70.7 Å². The Morgan fingerprint density at radius 3 is 2.07 bits per heavy atom. The average Bonchev–Trinajstić information content (AvgIpc) is 2.66. The third kappa shape index (κ3) is 5.86. The summed E-state index contributed by atoms with van der Waals surface area (Å²) < 4.78 is 7.74. The van der Waals surface area contributed by atoms with Crippen LogP contribution in [0.4, 0.5) is 5.69 Å². The van der Waals surface area contributed by atoms with Gasteiger partial charge in [0, 0.05) is 21.6 Å². The van der Waals surface area contributed by atoms with Gasteiger partial charge in [-0.3, -0.25) is 4.79 Å². The van der Waals surface area contributed by atoms with Crippen LogP contribution >= 0.6 is 22.6 Å². The van der Waals surface area contributed by atoms with E-state index in [1.807, 2.05) is 57.3 Å². The Morgan fingerprint density at radius 2 is 1.63 bits per heavy atom. The van der Waals surface area contributed by atoms with Crippen molar-refractivity contribution in [1.82, 2.24) is 0 Å². The van der Waals surface area contributed by atoms with Crippen LogP contribution in [0.3, 0.4) is 0 Å². The molecule has 168 valence electrons. The number of carbonyl (C=O) groups is 1. The van der Waals surface area contributed by atoms with Crippen LogP contribution in [0.15, 0.2) is 48.6 Å². The van der Waals surface area contributed by atoms with Crippen molar-refractivity contribution in [2.45, 2.75) is 72.0 Å². The maximum atomic E-state index is 13.5. The molecule has 0 aliphatic rings. The van der Waals surface area contributed by atoms with Crippen molar-refractivity contribution >= 4 is 42.5 Å². The van der Waals surface area contributed by atoms with E-state index in [0.717, 1.165) is 14.8 Å². The molecule has 1 rings (SSSR count). The summed E-state index contributed by atoms with van der Waals surface area (Å²) in [6.45, 7) is 22.2. The molecule has 0 aliphatic carbocycles. The molecule has 0 heterocycles. The Kier molecular flexibility index (Phi) is 10.0. The molecule has 0 saturated heterocycles. The number of allylic oxidation sites excluding steroid dienone is 1. The van der Waals surface area contributed by atoms with Gasteiger partial charge in [0.2, 0.25) is 8.32 Å². The number of benzene rings is 1. The van der Waals surface area contributed by atoms with E-state index in [-0.39, 0.29) is 5.91 Å². The van der Waals surface area contributed by atoms with Crippen molar-refractivity contribution in [3.05, 3.63) is 52.1 Å². The standard InChI is InChI=1S/C25H40INO2Si/c1-11-25(8,9)21(24(28)27(10)23-15-13-12-14-22(23)26)16-17-29-30(18(2)3,19(4)5)20(6)7/h11-16,18-20H,1,17H2,2-10H3. The number of hydrogen-bond acceptors (Lipinski definition) is 2. The zero-order valence-electron chi connectivity index (χ0n) is 20.3. The van der Waals surface area contributed by atoms with Crippen molar-refractivity contribution in [2.24, 2.45) is 5.41 Å². The summed E-state index contributed by atoms with van der Waals surface area (Å²) in [5, 5.41) is 0. The van der Waals surface area contributed by atoms with Crippen LogP contribution in [-0.2, 0) is 9.22 Å². The highest BCUT2D eigenvalue weighted by atomic mass is 127. The van der Waals surface area contributed by atoms with E-state index < -0.39 is 13.7 Å². The third-order valence-electron chi connectivity index (χ3n) is 6.28. The second-order valence-corrected chi connectivity index (χ2v) is 16.1. The van der Waals surface area contributed by atoms with E-state index in [0.29, 0.717) is 23.2 Å². The molecule has 3 nitrogen and oxygen atoms in total. The number of likely N-dealkylation sites (N-methyl/N-ethyl adjacent to an activating group) is 1. The highest BCUT2D eigenvalue weighted by molar-refractivity contribution is 14.1. The molecule has 1 amide bonds. The molecule has 0 spiro atoms. The fraction of sp³-hybridized carbons (Fsp3) is 0.560. The lowest BCUT2D eigenvalue weighted by molar-refractivity contribution is -0.115. The Morgan fingerprint density at radius 1 is 1.13 bits per heavy atom. The first-order valence-corrected chi connectivity index (χ1v) is 14.1. The zero-order valence-corrected chi connectivity index (χ0v) is 23.4. The second-order valence-electron chi connectivity index (χ2n) is 9.49. The van der Waals surface area contributed by atoms with Crippen LogP contribution in [0.1, 0.15) is 55.4 Å². The second kappa shape index (κ2) is 11.1. The van der Waals surface area contributed by atoms with Crippen LogP contribution in [-0.4, -0.2) is 27.9 Å². The fourth-order valence-electron chi connectivity index (χ4n) is 4.52. The van der Waals surface area contributed by atoms with E-state index in [9.17, 15) is 4.79 Å². The van der Waals surface area contributed by atoms with Gasteiger partial charge < -0.3 is 9.33 Å². The summed E-state index contributed by atoms with van der Waals surface area (Å²) in [4.78, 5) is 15.3. The van der Waals surface area contributed by atoms with Crippen LogP contribution in [0.5, 0.6) is 0 Å². The lowest BCUT2D eigenvalue weighted by Crippen LogP contribution is -2.48. The number of para-hydroxylation sites is 1. The predicted octanol–water partition coefficient (Wildman–Crippen LogP) is 7.58. The molecule has 0 unspecified atom stereocenters. The van der Waals surface area contributed by atoms with Crippen molar-refractivity contribution < 1.29 is 9.22 Å². The molecular formula is C25H40INO2Si. The quantitative estimate of drug-likeness (QED) is 0.132. The van der Waals surface area contributed by atoms with Gasteiger partial charge in [0.15, 0.2) is 0 Å². The van der Waals surface area contributed by atoms with Gasteiger partial charge in [-0.05, 0) is 51.3 Å². The Hall–Kier alpha value is -0.923. The molecule has 0 saturated carbocycles. The topological polar surface area (TPSA) is 29.5 Å². The van der Waals surface area contributed by atoms with Crippen LogP contribution in [0.25, 0.3) is 0 Å². The van der Waals surface area contributed by atoms with Crippen molar-refractivity contribution in [2.75, 3.05) is 18.6 Å². The van der Waals surface area contributed by atoms with Gasteiger partial charge in [-0.15, -0.1) is 6.58 Å². The summed E-state index contributed by atoms with van der Waals surface area (Å²) in [6.07, 6.45) is 3.84. The molecule has 30 heavy (non-hydrogen) atoms. The first-order valence-electron chi connectivity index (χ1n) is 10.8. The third-order valence-corrected chi connectivity index (χ3v) is 13.3. The number of nitrogens with zero attached hydrogens (tertiary/aromatic N) is 1. The summed E-state index contributed by atoms with van der Waals surface area (Å²) in [5.74, 6) is -0.0153. The highest BCUT2D eigenvalue weighted by Crippen LogP contribution is 2.42. The fourth-order valence-corrected chi connectivity index (χ4v) is 10.6. The predicted molar refractivity (Wildman–Crippen MR) is 142 cm³/mol. The number of carbonyl (C=O) groups excluding carboxylic acids is 1. The van der Waals surface area contributed by atoms with Gasteiger partial charge in [0.25, 0.3) is 5.91 Å². The maximum Gasteiger partial charge on any atom is 0.254 e. The molecule has 5 heteroatoms. The monoisotopic (exact) mass is 541 g/mol. The minimum absolute atomic E-state index is 0.0153. The zero-order chi connectivity index (χ0) is 23.3. The highest BCUT2D eigenvalue weighted by Gasteiger charge is 2.45. The van der Waals surface area contributed by atoms with Crippen LogP contribution in [0.2, 0.25) is 16.6 Å². The smallest absolute Gasteiger partial charge is 0.254 e. The largest absolute Gasteiger partial charge is 0.412 e. The van der Waals surface area contributed by atoms with Crippen LogP contribution < -0.4 is 4.90 Å². The van der Waals surface area contributed by atoms with Gasteiger partial charge in [-0.1, -0.05) is 79.7 Å². The first kappa shape index (κ1) is 27.1. The molecule has 0 fully saturated rings. The SMILES string of the molecule is C=CC(C)(C)C(=CCO[Si](C(C)C)(C(C)C)C(C)C)C(=O)N(C)c1ccccc1I. The number of rotatable bonds is 10. The molecule has 1 aromatic carbocycles. The Labute approximate surface area is 199 Å². The average molecular weight is 542 g/mol. The maximum absolute atomic E-state index is 13.5. The molecule has 0 atom stereocenters. The lowest BCUT2D eigenvalue weighted by atomic mass is 9.83. The van der Waals surface area contributed by atoms with Crippen LogP contribution in [0, 0.1) is 8.99 Å². The Balaban J connectivity index is 3.29. The molecule has 0 bridgehead atoms. The van der Waals surface area contributed by atoms with Gasteiger partial charge in [0.1, 0.15) is 0 Å². The van der Waals surface area contributed by atoms with Crippen molar-refractivity contribution in [3.63, 3.8) is 0 Å². The van der Waals surface area contributed by atoms with E-state index >= 15 is 0 Å². The molecule has 1 aromatic rings. The normalized spacial score (nSPS) is 13.3. The summed E-state index contributed by atoms with van der Waals surface area (Å²) in [5.41, 5.74) is 2.69. The molecule has 0 aromatic heterocycles. The number of anilines is 1. The molecular weight excluding hydrogens is 501 g/mol. The summed E-state index contributed by atoms with van der Waals surface area (Å²) >= 11 is 2.27. The number of hydrogen-bond donors (Lipinski definition) is 0. The number of amides is 1. The van der Waals surface area contributed by atoms with E-state index in [1.54, 1.807) is 4.90 Å². The first-order chi connectivity index (χ1) is 13.8. The number of halogens is 1. The molecule has 0 radical (unpaired) electrons. The van der Waals surface area contributed by atoms with Gasteiger partial charge in [-0.25, -0.2) is 0 Å². The van der Waals surface area contributed by atoms with E-state index in [4.69, 9.17) is 4.43 Å². The molecule has 0 N–H and O–H groups in total. The summed E-state index contributed by atoms with van der Waals surface area (Å²) in [7, 11) is -0.159. The van der Waals surface area contributed by atoms with Crippen molar-refractivity contribution in [1.29, 1.82) is 0 Å². The van der Waals surface area contributed by atoms with Gasteiger partial charge in [0.05, 0.1) is 12.3 Å². The lowest BCUT2D eigenvalue weighted by Gasteiger charge is -2.42. The summed E-state index contributed by atoms with van der Waals surface area (Å²) in [6, 6.07) is 7.93. The minimum atomic E-state index is -2.00. The van der Waals surface area contributed by atoms with Crippen molar-refractivity contribution in [3.8, 4) is 0 Å². The molecule has 0 aliphatic heterocycles. The van der Waals surface area contributed by atoms with E-state index in [1.165, 1.54) is 0 Å².